The SMILES string of the molecule is O=C(COC(=O)CN1C(=O)C2CCCCC2C1=O)NNC(=O)c1cccs1. The van der Waals surface area contributed by atoms with Crippen LogP contribution in [0.2, 0.25) is 0 Å². The van der Waals surface area contributed by atoms with Crippen molar-refractivity contribution in [3.63, 3.8) is 0 Å². The van der Waals surface area contributed by atoms with E-state index in [2.05, 4.69) is 10.9 Å². The third kappa shape index (κ3) is 4.33. The summed E-state index contributed by atoms with van der Waals surface area (Å²) >= 11 is 1.21. The Kier molecular flexibility index (Phi) is 5.84. The maximum atomic E-state index is 12.3. The fourth-order valence-electron chi connectivity index (χ4n) is 3.34. The average molecular weight is 393 g/mol. The lowest BCUT2D eigenvalue weighted by molar-refractivity contribution is -0.155. The van der Waals surface area contributed by atoms with E-state index in [1.165, 1.54) is 11.3 Å². The summed E-state index contributed by atoms with van der Waals surface area (Å²) in [5, 5.41) is 1.72. The summed E-state index contributed by atoms with van der Waals surface area (Å²) in [5.74, 6) is -3.43. The zero-order valence-electron chi connectivity index (χ0n) is 14.4. The highest BCUT2D eigenvalue weighted by molar-refractivity contribution is 7.12. The average Bonchev–Trinajstić information content (AvgIpc) is 3.29. The molecule has 10 heteroatoms. The zero-order chi connectivity index (χ0) is 19.4. The molecule has 2 atom stereocenters. The minimum atomic E-state index is -0.852. The molecule has 4 amide bonds. The second-order valence-electron chi connectivity index (χ2n) is 6.40. The van der Waals surface area contributed by atoms with Crippen LogP contribution in [0, 0.1) is 11.8 Å². The molecule has 1 aromatic heterocycles. The number of ether oxygens (including phenoxy) is 1. The third-order valence-corrected chi connectivity index (χ3v) is 5.51. The van der Waals surface area contributed by atoms with Crippen LogP contribution in [-0.2, 0) is 23.9 Å². The number of fused-ring (bicyclic) bond motifs is 1. The predicted molar refractivity (Wildman–Crippen MR) is 93.1 cm³/mol. The van der Waals surface area contributed by atoms with Crippen molar-refractivity contribution < 1.29 is 28.7 Å². The second-order valence-corrected chi connectivity index (χ2v) is 7.35. The summed E-state index contributed by atoms with van der Waals surface area (Å²) < 4.78 is 4.79. The molecular weight excluding hydrogens is 374 g/mol. The number of hydrazine groups is 1. The van der Waals surface area contributed by atoms with Gasteiger partial charge in [0.25, 0.3) is 11.8 Å². The van der Waals surface area contributed by atoms with Gasteiger partial charge in [-0.1, -0.05) is 18.9 Å². The Balaban J connectivity index is 1.41. The minimum absolute atomic E-state index is 0.338. The number of nitrogens with one attached hydrogen (secondary N) is 2. The smallest absolute Gasteiger partial charge is 0.326 e. The Morgan fingerprint density at radius 3 is 2.37 bits per heavy atom. The van der Waals surface area contributed by atoms with Gasteiger partial charge in [-0.2, -0.15) is 0 Å². The molecule has 2 unspecified atom stereocenters. The van der Waals surface area contributed by atoms with Crippen LogP contribution >= 0.6 is 11.3 Å². The molecule has 1 aliphatic carbocycles. The normalized spacial score (nSPS) is 21.6. The highest BCUT2D eigenvalue weighted by Gasteiger charge is 2.48. The molecule has 27 heavy (non-hydrogen) atoms. The number of rotatable bonds is 5. The molecule has 0 radical (unpaired) electrons. The summed E-state index contributed by atoms with van der Waals surface area (Å²) in [6, 6.07) is 3.29. The number of amides is 4. The van der Waals surface area contributed by atoms with E-state index in [4.69, 9.17) is 4.74 Å². The summed E-state index contributed by atoms with van der Waals surface area (Å²) in [7, 11) is 0. The van der Waals surface area contributed by atoms with E-state index in [-0.39, 0.29) is 23.7 Å². The van der Waals surface area contributed by atoms with E-state index in [9.17, 15) is 24.0 Å². The van der Waals surface area contributed by atoms with Gasteiger partial charge in [0, 0.05) is 0 Å². The predicted octanol–water partition coefficient (Wildman–Crippen LogP) is 0.228. The van der Waals surface area contributed by atoms with Gasteiger partial charge >= 0.3 is 5.97 Å². The lowest BCUT2D eigenvalue weighted by Gasteiger charge is -2.19. The number of hydrogen-bond acceptors (Lipinski definition) is 7. The molecular formula is C17H19N3O6S. The molecule has 1 saturated carbocycles. The molecule has 1 aliphatic heterocycles. The fraction of sp³-hybridized carbons (Fsp3) is 0.471. The standard InChI is InChI=1S/C17H19N3O6S/c21-13(18-19-15(23)12-6-3-7-27-12)9-26-14(22)8-20-16(24)10-4-1-2-5-11(10)17(20)25/h3,6-7,10-11H,1-2,4-5,8-9H2,(H,18,21)(H,19,23). The number of hydrogen-bond donors (Lipinski definition) is 2. The van der Waals surface area contributed by atoms with Crippen molar-refractivity contribution in [3.05, 3.63) is 22.4 Å². The topological polar surface area (TPSA) is 122 Å². The van der Waals surface area contributed by atoms with Gasteiger partial charge in [0.2, 0.25) is 11.8 Å². The number of nitrogens with zero attached hydrogens (tertiary/aromatic N) is 1. The number of thiophene rings is 1. The van der Waals surface area contributed by atoms with Crippen molar-refractivity contribution in [1.29, 1.82) is 0 Å². The highest BCUT2D eigenvalue weighted by atomic mass is 32.1. The van der Waals surface area contributed by atoms with E-state index >= 15 is 0 Å². The van der Waals surface area contributed by atoms with Crippen LogP contribution in [-0.4, -0.2) is 47.6 Å². The molecule has 2 N–H and O–H groups in total. The van der Waals surface area contributed by atoms with Gasteiger partial charge in [0.05, 0.1) is 16.7 Å². The van der Waals surface area contributed by atoms with Crippen molar-refractivity contribution in [2.24, 2.45) is 11.8 Å². The maximum Gasteiger partial charge on any atom is 0.326 e. The molecule has 2 heterocycles. The van der Waals surface area contributed by atoms with Gasteiger partial charge in [-0.05, 0) is 24.3 Å². The van der Waals surface area contributed by atoms with E-state index in [1.54, 1.807) is 17.5 Å². The zero-order valence-corrected chi connectivity index (χ0v) is 15.3. The molecule has 0 bridgehead atoms. The van der Waals surface area contributed by atoms with Crippen LogP contribution in [0.3, 0.4) is 0 Å². The van der Waals surface area contributed by atoms with E-state index in [0.29, 0.717) is 17.7 Å². The minimum Gasteiger partial charge on any atom is -0.454 e. The van der Waals surface area contributed by atoms with Crippen molar-refractivity contribution in [2.75, 3.05) is 13.2 Å². The van der Waals surface area contributed by atoms with E-state index in [0.717, 1.165) is 17.7 Å². The van der Waals surface area contributed by atoms with Gasteiger partial charge in [-0.25, -0.2) is 0 Å². The van der Waals surface area contributed by atoms with Crippen LogP contribution < -0.4 is 10.9 Å². The molecule has 2 fully saturated rings. The monoisotopic (exact) mass is 393 g/mol. The number of carbonyl (C=O) groups excluding carboxylic acids is 5. The Hall–Kier alpha value is -2.75. The summed E-state index contributed by atoms with van der Waals surface area (Å²) in [5.41, 5.74) is 4.31. The lowest BCUT2D eigenvalue weighted by atomic mass is 9.81. The van der Waals surface area contributed by atoms with Crippen LogP contribution in [0.4, 0.5) is 0 Å². The Morgan fingerprint density at radius 2 is 1.78 bits per heavy atom. The molecule has 9 nitrogen and oxygen atoms in total. The molecule has 3 rings (SSSR count). The Bertz CT molecular complexity index is 739. The molecule has 144 valence electrons. The van der Waals surface area contributed by atoms with Gasteiger partial charge in [0.1, 0.15) is 6.54 Å². The highest BCUT2D eigenvalue weighted by Crippen LogP contribution is 2.37. The van der Waals surface area contributed by atoms with Crippen LogP contribution in [0.25, 0.3) is 0 Å². The molecule has 1 saturated heterocycles. The van der Waals surface area contributed by atoms with Crippen molar-refractivity contribution >= 4 is 40.9 Å². The van der Waals surface area contributed by atoms with Crippen LogP contribution in [0.1, 0.15) is 35.4 Å². The van der Waals surface area contributed by atoms with Gasteiger partial charge in [0.15, 0.2) is 6.61 Å². The van der Waals surface area contributed by atoms with E-state index in [1.807, 2.05) is 0 Å². The first kappa shape index (κ1) is 19.0. The maximum absolute atomic E-state index is 12.3. The number of carbonyl (C=O) groups is 5. The molecule has 0 spiro atoms. The van der Waals surface area contributed by atoms with E-state index < -0.39 is 30.9 Å². The fourth-order valence-corrected chi connectivity index (χ4v) is 3.96. The lowest BCUT2D eigenvalue weighted by Crippen LogP contribution is -2.44. The second kappa shape index (κ2) is 8.30. The summed E-state index contributed by atoms with van der Waals surface area (Å²) in [6.07, 6.45) is 3.12. The largest absolute Gasteiger partial charge is 0.454 e. The Morgan fingerprint density at radius 1 is 1.11 bits per heavy atom. The van der Waals surface area contributed by atoms with Gasteiger partial charge in [-0.15, -0.1) is 11.3 Å². The first-order valence-electron chi connectivity index (χ1n) is 8.61. The third-order valence-electron chi connectivity index (χ3n) is 4.64. The quantitative estimate of drug-likeness (QED) is 0.419. The molecule has 1 aromatic rings. The molecule has 0 aromatic carbocycles. The first-order chi connectivity index (χ1) is 13.0. The van der Waals surface area contributed by atoms with Crippen LogP contribution in [0.15, 0.2) is 17.5 Å². The number of imide groups is 1. The number of likely N-dealkylation sites (tertiary alicyclic amines) is 1. The first-order valence-corrected chi connectivity index (χ1v) is 9.49. The van der Waals surface area contributed by atoms with Crippen LogP contribution in [0.5, 0.6) is 0 Å². The number of esters is 1. The van der Waals surface area contributed by atoms with Crippen molar-refractivity contribution in [1.82, 2.24) is 15.8 Å². The Labute approximate surface area is 159 Å². The van der Waals surface area contributed by atoms with Gasteiger partial charge < -0.3 is 4.74 Å². The van der Waals surface area contributed by atoms with Crippen molar-refractivity contribution in [2.45, 2.75) is 25.7 Å². The van der Waals surface area contributed by atoms with Gasteiger partial charge in [-0.3, -0.25) is 39.7 Å². The van der Waals surface area contributed by atoms with Crippen molar-refractivity contribution in [3.8, 4) is 0 Å². The molecule has 2 aliphatic rings. The summed E-state index contributed by atoms with van der Waals surface area (Å²) in [6.45, 7) is -1.13. The summed E-state index contributed by atoms with van der Waals surface area (Å²) in [4.78, 5) is 61.1.